The van der Waals surface area contributed by atoms with Crippen molar-refractivity contribution in [1.82, 2.24) is 4.90 Å². The Hall–Kier alpha value is -2.53. The summed E-state index contributed by atoms with van der Waals surface area (Å²) in [4.78, 5) is 20.9. The van der Waals surface area contributed by atoms with E-state index in [0.29, 0.717) is 5.91 Å². The summed E-state index contributed by atoms with van der Waals surface area (Å²) in [5, 5.41) is 0. The molecule has 5 heteroatoms. The van der Waals surface area contributed by atoms with Gasteiger partial charge in [-0.3, -0.25) is 9.69 Å². The highest BCUT2D eigenvalue weighted by Gasteiger charge is 2.36. The minimum atomic E-state index is 0.208. The van der Waals surface area contributed by atoms with Crippen molar-refractivity contribution in [3.63, 3.8) is 0 Å². The first kappa shape index (κ1) is 21.3. The molecule has 5 rings (SSSR count). The molecule has 0 radical (unpaired) electrons. The molecule has 0 spiro atoms. The van der Waals surface area contributed by atoms with Gasteiger partial charge in [-0.25, -0.2) is 0 Å². The zero-order valence-corrected chi connectivity index (χ0v) is 19.1. The Morgan fingerprint density at radius 2 is 1.59 bits per heavy atom. The van der Waals surface area contributed by atoms with Gasteiger partial charge in [0.1, 0.15) is 0 Å². The van der Waals surface area contributed by atoms with Crippen molar-refractivity contribution in [2.45, 2.75) is 51.0 Å². The van der Waals surface area contributed by atoms with Crippen molar-refractivity contribution >= 4 is 23.0 Å². The Labute approximate surface area is 192 Å². The number of anilines is 3. The third-order valence-corrected chi connectivity index (χ3v) is 7.65. The maximum atomic E-state index is 13.7. The van der Waals surface area contributed by atoms with E-state index in [0.717, 1.165) is 64.1 Å². The normalized spacial score (nSPS) is 22.6. The standard InChI is InChI=1S/C27H36N4O/c28-23-11-14-24(15-12-23)30-18-16-29(17-19-30)20-25-13-10-21-6-4-5-9-26(21)31(25)27(32)22-7-2-1-3-8-22/h4-6,9,11-12,14-15,22,25H,1-3,7-8,10,13,16-20,28H2. The van der Waals surface area contributed by atoms with Crippen molar-refractivity contribution in [3.8, 4) is 0 Å². The monoisotopic (exact) mass is 432 g/mol. The number of nitrogens with two attached hydrogens (primary N) is 1. The molecule has 2 heterocycles. The Morgan fingerprint density at radius 3 is 2.34 bits per heavy atom. The Morgan fingerprint density at radius 1 is 0.875 bits per heavy atom. The van der Waals surface area contributed by atoms with Crippen LogP contribution in [0.25, 0.3) is 0 Å². The van der Waals surface area contributed by atoms with Gasteiger partial charge in [0.25, 0.3) is 0 Å². The van der Waals surface area contributed by atoms with Crippen molar-refractivity contribution in [3.05, 3.63) is 54.1 Å². The molecular formula is C27H36N4O. The van der Waals surface area contributed by atoms with Gasteiger partial charge in [0.05, 0.1) is 0 Å². The molecule has 5 nitrogen and oxygen atoms in total. The van der Waals surface area contributed by atoms with Gasteiger partial charge < -0.3 is 15.5 Å². The number of nitrogens with zero attached hydrogens (tertiary/aromatic N) is 3. The molecular weight excluding hydrogens is 396 g/mol. The van der Waals surface area contributed by atoms with E-state index in [1.54, 1.807) is 0 Å². The first-order valence-electron chi connectivity index (χ1n) is 12.4. The zero-order valence-electron chi connectivity index (χ0n) is 19.1. The Kier molecular flexibility index (Phi) is 6.35. The molecule has 0 bridgehead atoms. The number of benzene rings is 2. The number of piperazine rings is 1. The summed E-state index contributed by atoms with van der Waals surface area (Å²) in [6, 6.07) is 17.1. The van der Waals surface area contributed by atoms with Crippen LogP contribution in [0.2, 0.25) is 0 Å². The van der Waals surface area contributed by atoms with Crippen LogP contribution in [0.3, 0.4) is 0 Å². The zero-order chi connectivity index (χ0) is 21.9. The van der Waals surface area contributed by atoms with E-state index >= 15 is 0 Å². The van der Waals surface area contributed by atoms with Crippen LogP contribution in [0, 0.1) is 5.92 Å². The van der Waals surface area contributed by atoms with E-state index in [1.165, 1.54) is 36.2 Å². The van der Waals surface area contributed by atoms with Crippen LogP contribution in [-0.2, 0) is 11.2 Å². The highest BCUT2D eigenvalue weighted by Crippen LogP contribution is 2.35. The third kappa shape index (κ3) is 4.49. The van der Waals surface area contributed by atoms with E-state index < -0.39 is 0 Å². The fraction of sp³-hybridized carbons (Fsp3) is 0.519. The summed E-state index contributed by atoms with van der Waals surface area (Å²) in [5.41, 5.74) is 10.4. The SMILES string of the molecule is Nc1ccc(N2CCN(CC3CCc4ccccc4N3C(=O)C3CCCCC3)CC2)cc1. The number of hydrogen-bond donors (Lipinski definition) is 1. The predicted molar refractivity (Wildman–Crippen MR) is 132 cm³/mol. The number of hydrogen-bond acceptors (Lipinski definition) is 4. The predicted octanol–water partition coefficient (Wildman–Crippen LogP) is 4.32. The van der Waals surface area contributed by atoms with Crippen molar-refractivity contribution < 1.29 is 4.79 Å². The number of aryl methyl sites for hydroxylation is 1. The molecule has 170 valence electrons. The van der Waals surface area contributed by atoms with Gasteiger partial charge in [-0.1, -0.05) is 37.5 Å². The molecule has 2 N–H and O–H groups in total. The number of fused-ring (bicyclic) bond motifs is 1. The second-order valence-electron chi connectivity index (χ2n) is 9.74. The maximum Gasteiger partial charge on any atom is 0.230 e. The molecule has 32 heavy (non-hydrogen) atoms. The summed E-state index contributed by atoms with van der Waals surface area (Å²) < 4.78 is 0. The van der Waals surface area contributed by atoms with Crippen LogP contribution in [0.5, 0.6) is 0 Å². The highest BCUT2D eigenvalue weighted by molar-refractivity contribution is 5.97. The van der Waals surface area contributed by atoms with Crippen LogP contribution < -0.4 is 15.5 Å². The lowest BCUT2D eigenvalue weighted by Crippen LogP contribution is -2.55. The van der Waals surface area contributed by atoms with Gasteiger partial charge in [-0.05, 0) is 61.6 Å². The average molecular weight is 433 g/mol. The van der Waals surface area contributed by atoms with Gasteiger partial charge in [-0.15, -0.1) is 0 Å². The van der Waals surface area contributed by atoms with Crippen molar-refractivity contribution in [2.75, 3.05) is 48.3 Å². The van der Waals surface area contributed by atoms with Gasteiger partial charge >= 0.3 is 0 Å². The van der Waals surface area contributed by atoms with Gasteiger partial charge in [0, 0.05) is 61.7 Å². The van der Waals surface area contributed by atoms with Crippen molar-refractivity contribution in [2.24, 2.45) is 5.92 Å². The molecule has 2 aromatic carbocycles. The van der Waals surface area contributed by atoms with E-state index in [4.69, 9.17) is 5.73 Å². The van der Waals surface area contributed by atoms with Gasteiger partial charge in [0.15, 0.2) is 0 Å². The van der Waals surface area contributed by atoms with E-state index in [-0.39, 0.29) is 12.0 Å². The molecule has 2 aliphatic heterocycles. The minimum absolute atomic E-state index is 0.208. The molecule has 1 saturated carbocycles. The molecule has 2 fully saturated rings. The number of amides is 1. The fourth-order valence-electron chi connectivity index (χ4n) is 5.79. The number of nitrogen functional groups attached to an aromatic ring is 1. The number of rotatable bonds is 4. The van der Waals surface area contributed by atoms with Crippen LogP contribution in [-0.4, -0.2) is 49.6 Å². The lowest BCUT2D eigenvalue weighted by Gasteiger charge is -2.43. The smallest absolute Gasteiger partial charge is 0.230 e. The van der Waals surface area contributed by atoms with Crippen LogP contribution in [0.15, 0.2) is 48.5 Å². The molecule has 1 aliphatic carbocycles. The summed E-state index contributed by atoms with van der Waals surface area (Å²) >= 11 is 0. The lowest BCUT2D eigenvalue weighted by atomic mass is 9.86. The van der Waals surface area contributed by atoms with Gasteiger partial charge in [0.2, 0.25) is 5.91 Å². The topological polar surface area (TPSA) is 52.8 Å². The minimum Gasteiger partial charge on any atom is -0.399 e. The number of carbonyl (C=O) groups is 1. The van der Waals surface area contributed by atoms with Crippen molar-refractivity contribution in [1.29, 1.82) is 0 Å². The van der Waals surface area contributed by atoms with Gasteiger partial charge in [-0.2, -0.15) is 0 Å². The second kappa shape index (κ2) is 9.53. The Bertz CT molecular complexity index is 914. The summed E-state index contributed by atoms with van der Waals surface area (Å²) in [6.07, 6.45) is 7.93. The fourth-order valence-corrected chi connectivity index (χ4v) is 5.79. The number of para-hydroxylation sites is 1. The second-order valence-corrected chi connectivity index (χ2v) is 9.74. The lowest BCUT2D eigenvalue weighted by molar-refractivity contribution is -0.124. The van der Waals surface area contributed by atoms with Crippen LogP contribution in [0.1, 0.15) is 44.1 Å². The van der Waals surface area contributed by atoms with E-state index in [1.807, 2.05) is 12.1 Å². The molecule has 2 aromatic rings. The van der Waals surface area contributed by atoms with E-state index in [9.17, 15) is 4.79 Å². The third-order valence-electron chi connectivity index (χ3n) is 7.65. The summed E-state index contributed by atoms with van der Waals surface area (Å²) in [7, 11) is 0. The molecule has 1 amide bonds. The first-order chi connectivity index (χ1) is 15.7. The molecule has 1 saturated heterocycles. The van der Waals surface area contributed by atoms with Crippen LogP contribution >= 0.6 is 0 Å². The average Bonchev–Trinajstić information content (AvgIpc) is 2.85. The Balaban J connectivity index is 1.28. The number of carbonyl (C=O) groups excluding carboxylic acids is 1. The van der Waals surface area contributed by atoms with Crippen LogP contribution in [0.4, 0.5) is 17.1 Å². The first-order valence-corrected chi connectivity index (χ1v) is 12.4. The molecule has 0 aromatic heterocycles. The summed E-state index contributed by atoms with van der Waals surface area (Å²) in [5.74, 6) is 0.585. The summed E-state index contributed by atoms with van der Waals surface area (Å²) in [6.45, 7) is 5.08. The molecule has 1 atom stereocenters. The molecule has 3 aliphatic rings. The maximum absolute atomic E-state index is 13.7. The largest absolute Gasteiger partial charge is 0.399 e. The molecule has 1 unspecified atom stereocenters. The van der Waals surface area contributed by atoms with E-state index in [2.05, 4.69) is 51.1 Å². The quantitative estimate of drug-likeness (QED) is 0.731. The highest BCUT2D eigenvalue weighted by atomic mass is 16.2.